The third-order valence-corrected chi connectivity index (χ3v) is 15.4. The van der Waals surface area contributed by atoms with Crippen LogP contribution in [0, 0.1) is 31.6 Å². The summed E-state index contributed by atoms with van der Waals surface area (Å²) >= 11 is 0. The van der Waals surface area contributed by atoms with Gasteiger partial charge in [-0.15, -0.1) is 0 Å². The third-order valence-electron chi connectivity index (χ3n) is 15.4. The third kappa shape index (κ3) is 8.80. The fraction of sp³-hybridized carbons (Fsp3) is 0.439. The number of fused-ring (bicyclic) bond motifs is 9. The topological polar surface area (TPSA) is 109 Å². The van der Waals surface area contributed by atoms with E-state index in [-0.39, 0.29) is 34.9 Å². The first-order valence-corrected chi connectivity index (χ1v) is 24.6. The van der Waals surface area contributed by atoms with Crippen LogP contribution in [0.4, 0.5) is 0 Å². The molecular weight excluding hydrogens is 833 g/mol. The summed E-state index contributed by atoms with van der Waals surface area (Å²) in [5, 5.41) is 12.9. The number of nitrogens with zero attached hydrogens (tertiary/aromatic N) is 6. The molecule has 5 heterocycles. The van der Waals surface area contributed by atoms with Crippen LogP contribution in [0.5, 0.6) is 11.5 Å². The maximum atomic E-state index is 13.0. The van der Waals surface area contributed by atoms with Crippen LogP contribution < -0.4 is 4.74 Å². The molecule has 1 N–H and O–H groups in total. The summed E-state index contributed by atoms with van der Waals surface area (Å²) in [5.74, 6) is 4.64. The fourth-order valence-electron chi connectivity index (χ4n) is 11.6. The summed E-state index contributed by atoms with van der Waals surface area (Å²) in [4.78, 5) is 34.6. The van der Waals surface area contributed by atoms with Gasteiger partial charge in [-0.25, -0.2) is 9.97 Å². The van der Waals surface area contributed by atoms with Crippen LogP contribution in [-0.2, 0) is 46.4 Å². The van der Waals surface area contributed by atoms with Gasteiger partial charge in [0, 0.05) is 126 Å². The number of ketones is 2. The van der Waals surface area contributed by atoms with Crippen molar-refractivity contribution in [1.29, 1.82) is 0 Å². The molecule has 3 aliphatic carbocycles. The molecule has 7 aromatic rings. The lowest BCUT2D eigenvalue weighted by atomic mass is 9.68. The molecule has 11 rings (SSSR count). The van der Waals surface area contributed by atoms with Gasteiger partial charge in [0.25, 0.3) is 0 Å². The van der Waals surface area contributed by atoms with Crippen LogP contribution in [0.3, 0.4) is 0 Å². The number of phenolic OH excluding ortho intramolecular Hbond substituents is 1. The molecule has 0 bridgehead atoms. The van der Waals surface area contributed by atoms with E-state index in [1.807, 2.05) is 56.6 Å². The minimum atomic E-state index is -0.177. The van der Waals surface area contributed by atoms with Crippen molar-refractivity contribution < 1.29 is 19.4 Å². The summed E-state index contributed by atoms with van der Waals surface area (Å²) in [6.45, 7) is 14.2. The number of hydrogen-bond acceptors (Lipinski definition) is 6. The highest BCUT2D eigenvalue weighted by molar-refractivity contribution is 6.12. The van der Waals surface area contributed by atoms with E-state index in [9.17, 15) is 14.7 Å². The summed E-state index contributed by atoms with van der Waals surface area (Å²) in [6, 6.07) is 20.5. The van der Waals surface area contributed by atoms with Crippen LogP contribution in [-0.4, -0.2) is 50.5 Å². The van der Waals surface area contributed by atoms with Gasteiger partial charge < -0.3 is 28.1 Å². The maximum absolute atomic E-state index is 13.0. The Balaban J connectivity index is 0.000000126. The number of aryl methyl sites for hydroxylation is 5. The van der Waals surface area contributed by atoms with Crippen LogP contribution in [0.25, 0.3) is 21.8 Å². The summed E-state index contributed by atoms with van der Waals surface area (Å²) in [7, 11) is 4.13. The predicted octanol–water partition coefficient (Wildman–Crippen LogP) is 12.0. The van der Waals surface area contributed by atoms with Gasteiger partial charge >= 0.3 is 0 Å². The molecule has 0 fully saturated rings. The van der Waals surface area contributed by atoms with Crippen molar-refractivity contribution in [2.45, 2.75) is 130 Å². The van der Waals surface area contributed by atoms with E-state index in [0.29, 0.717) is 11.7 Å². The Kier molecular flexibility index (Phi) is 12.9. The fourth-order valence-corrected chi connectivity index (χ4v) is 11.6. The van der Waals surface area contributed by atoms with Crippen LogP contribution >= 0.6 is 0 Å². The highest BCUT2D eigenvalue weighted by Crippen LogP contribution is 2.53. The monoisotopic (exact) mass is 901 g/mol. The van der Waals surface area contributed by atoms with E-state index < -0.39 is 0 Å². The standard InChI is InChI=1S/C21H30O2.2C18H19N3O/c1-5-6-7-8-15-12-18(22)20-16-11-14(2)9-10-17(16)21(3,4)23-19(20)13-15;2*1-12-19-9-10-21(12)11-13-7-8-16-17(18(13)22)14-5-3-4-6-15(14)20(16)2/h11-13,16-17,22H,5-10H2,1-4H3;2*3-6,9-10,13H,7-8,11H2,1-2H3/t16-,17-;;/m1../s1. The molecule has 10 heteroatoms. The molecule has 67 heavy (non-hydrogen) atoms. The number of benzene rings is 3. The number of rotatable bonds is 8. The first-order valence-electron chi connectivity index (χ1n) is 24.6. The molecule has 4 aliphatic rings. The Bertz CT molecular complexity index is 2850. The van der Waals surface area contributed by atoms with Crippen molar-refractivity contribution >= 4 is 33.4 Å². The lowest BCUT2D eigenvalue weighted by Crippen LogP contribution is -2.45. The Morgan fingerprint density at radius 3 is 1.78 bits per heavy atom. The minimum Gasteiger partial charge on any atom is -0.507 e. The number of carbonyl (C=O) groups excluding carboxylic acids is 2. The number of phenols is 1. The average molecular weight is 901 g/mol. The molecule has 350 valence electrons. The van der Waals surface area contributed by atoms with E-state index in [1.54, 1.807) is 12.4 Å². The normalized spacial score (nSPS) is 20.4. The Morgan fingerprint density at radius 2 is 1.27 bits per heavy atom. The summed E-state index contributed by atoms with van der Waals surface area (Å²) in [6.07, 6.45) is 20.5. The molecule has 0 saturated carbocycles. The van der Waals surface area contributed by atoms with Gasteiger partial charge in [0.1, 0.15) is 28.7 Å². The number of imidazole rings is 2. The number of aromatic nitrogens is 6. The van der Waals surface area contributed by atoms with E-state index in [1.165, 1.54) is 41.8 Å². The lowest BCUT2D eigenvalue weighted by molar-refractivity contribution is 0.0107. The maximum Gasteiger partial charge on any atom is 0.170 e. The summed E-state index contributed by atoms with van der Waals surface area (Å²) < 4.78 is 14.9. The molecule has 0 radical (unpaired) electrons. The van der Waals surface area contributed by atoms with Crippen LogP contribution in [0.1, 0.15) is 133 Å². The molecule has 3 aromatic carbocycles. The van der Waals surface area contributed by atoms with Crippen LogP contribution in [0.2, 0.25) is 0 Å². The minimum absolute atomic E-state index is 0.0474. The van der Waals surface area contributed by atoms with Crippen molar-refractivity contribution in [3.8, 4) is 11.5 Å². The van der Waals surface area contributed by atoms with Gasteiger partial charge in [0.15, 0.2) is 11.6 Å². The van der Waals surface area contributed by atoms with Crippen molar-refractivity contribution in [2.24, 2.45) is 31.8 Å². The van der Waals surface area contributed by atoms with E-state index >= 15 is 0 Å². The average Bonchev–Trinajstić information content (AvgIpc) is 4.06. The molecule has 4 aromatic heterocycles. The zero-order chi connectivity index (χ0) is 47.1. The first kappa shape index (κ1) is 46.0. The molecule has 4 atom stereocenters. The van der Waals surface area contributed by atoms with Crippen molar-refractivity contribution in [3.63, 3.8) is 0 Å². The second-order valence-corrected chi connectivity index (χ2v) is 20.1. The zero-order valence-electron chi connectivity index (χ0n) is 40.8. The molecule has 10 nitrogen and oxygen atoms in total. The van der Waals surface area contributed by atoms with Crippen molar-refractivity contribution in [2.75, 3.05) is 0 Å². The van der Waals surface area contributed by atoms with Gasteiger partial charge in [-0.05, 0) is 116 Å². The van der Waals surface area contributed by atoms with Crippen LogP contribution in [0.15, 0.2) is 97.1 Å². The van der Waals surface area contributed by atoms with Gasteiger partial charge in [0.2, 0.25) is 0 Å². The van der Waals surface area contributed by atoms with Crippen molar-refractivity contribution in [1.82, 2.24) is 28.2 Å². The number of Topliss-reactive ketones (excluding diaryl/α,β-unsaturated/α-hetero) is 2. The highest BCUT2D eigenvalue weighted by atomic mass is 16.5. The van der Waals surface area contributed by atoms with E-state index in [2.05, 4.69) is 106 Å². The van der Waals surface area contributed by atoms with Gasteiger partial charge in [-0.3, -0.25) is 9.59 Å². The summed E-state index contributed by atoms with van der Waals surface area (Å²) in [5.41, 5.74) is 10.0. The second-order valence-electron chi connectivity index (χ2n) is 20.1. The van der Waals surface area contributed by atoms with Crippen molar-refractivity contribution in [3.05, 3.63) is 142 Å². The number of carbonyl (C=O) groups is 2. The molecule has 0 spiro atoms. The molecule has 1 aliphatic heterocycles. The number of allylic oxidation sites excluding steroid dienone is 2. The number of ether oxygens (including phenoxy) is 1. The zero-order valence-corrected chi connectivity index (χ0v) is 40.8. The first-order chi connectivity index (χ1) is 32.2. The van der Waals surface area contributed by atoms with E-state index in [0.717, 1.165) is 114 Å². The Hall–Kier alpha value is -6.16. The van der Waals surface area contributed by atoms with Gasteiger partial charge in [-0.2, -0.15) is 0 Å². The predicted molar refractivity (Wildman–Crippen MR) is 267 cm³/mol. The van der Waals surface area contributed by atoms with Gasteiger partial charge in [0.05, 0.1) is 0 Å². The molecule has 2 unspecified atom stereocenters. The lowest BCUT2D eigenvalue weighted by Gasteiger charge is -2.46. The number of unbranched alkanes of at least 4 members (excludes halogenated alkanes) is 2. The molecular formula is C57H68N6O4. The number of para-hydroxylation sites is 2. The Labute approximate surface area is 395 Å². The van der Waals surface area contributed by atoms with E-state index in [4.69, 9.17) is 4.74 Å². The number of hydrogen-bond donors (Lipinski definition) is 1. The SMILES string of the molecule is CCCCCc1cc(O)c2c(c1)OC(C)(C)[C@@H]1CCC(C)=C[C@@H]21.Cc1nccn1CC1CCc2c(c3ccccc3n2C)C1=O.Cc1nccn1CC1CCc2c(c3ccccc3n2C)C1=O. The quantitative estimate of drug-likeness (QED) is 0.120. The molecule has 0 amide bonds. The highest BCUT2D eigenvalue weighted by Gasteiger charge is 2.45. The second kappa shape index (κ2) is 18.8. The Morgan fingerprint density at radius 1 is 0.731 bits per heavy atom. The largest absolute Gasteiger partial charge is 0.507 e. The molecule has 0 saturated heterocycles. The van der Waals surface area contributed by atoms with Gasteiger partial charge in [-0.1, -0.05) is 67.8 Å². The number of aromatic hydroxyl groups is 1. The smallest absolute Gasteiger partial charge is 0.170 e.